The minimum Gasteiger partial charge on any atom is -0.396 e. The molecule has 0 radical (unpaired) electrons. The topological polar surface area (TPSA) is 80.9 Å². The Hall–Kier alpha value is -0.160. The van der Waals surface area contributed by atoms with Crippen molar-refractivity contribution in [3.8, 4) is 0 Å². The lowest BCUT2D eigenvalue weighted by molar-refractivity contribution is -0.212. The molecular formula is C25H42O4. The summed E-state index contributed by atoms with van der Waals surface area (Å²) in [7, 11) is 0. The molecule has 0 spiro atoms. The first-order valence-corrected chi connectivity index (χ1v) is 12.4. The van der Waals surface area contributed by atoms with Gasteiger partial charge in [0.2, 0.25) is 0 Å². The molecular weight excluding hydrogens is 364 g/mol. The van der Waals surface area contributed by atoms with E-state index in [0.29, 0.717) is 60.7 Å². The summed E-state index contributed by atoms with van der Waals surface area (Å²) < 4.78 is 0. The molecule has 5 aliphatic carbocycles. The van der Waals surface area contributed by atoms with Crippen molar-refractivity contribution in [2.45, 2.75) is 95.9 Å². The van der Waals surface area contributed by atoms with Crippen LogP contribution >= 0.6 is 0 Å². The van der Waals surface area contributed by atoms with Crippen LogP contribution in [0.4, 0.5) is 0 Å². The molecule has 0 aromatic heterocycles. The average Bonchev–Trinajstić information content (AvgIpc) is 3.57. The normalized spacial score (nSPS) is 61.1. The summed E-state index contributed by atoms with van der Waals surface area (Å²) in [6, 6.07) is 0. The molecule has 5 fully saturated rings. The third-order valence-corrected chi connectivity index (χ3v) is 11.0. The van der Waals surface area contributed by atoms with Crippen molar-refractivity contribution >= 4 is 0 Å². The standard InChI is InChI=1S/C25H42O4/c1-14-5-6-19-22(15(2)17-11-20(17)24(14,28)8-4-10-26)18-12-21(18)25(29)13-16(27)7-9-23(19,25)3/h14-22,26-29H,4-13H2,1-3H3/t14-,15?,16-,17-,18-,19?,20-,21+,22?,23+,24+,25+/m0/s1. The highest BCUT2D eigenvalue weighted by molar-refractivity contribution is 5.22. The molecule has 4 heteroatoms. The van der Waals surface area contributed by atoms with Crippen LogP contribution in [-0.2, 0) is 0 Å². The summed E-state index contributed by atoms with van der Waals surface area (Å²) >= 11 is 0. The first kappa shape index (κ1) is 20.7. The lowest BCUT2D eigenvalue weighted by Gasteiger charge is -2.60. The van der Waals surface area contributed by atoms with E-state index in [1.807, 2.05) is 0 Å². The van der Waals surface area contributed by atoms with Crippen LogP contribution in [0.15, 0.2) is 0 Å². The van der Waals surface area contributed by atoms with Crippen molar-refractivity contribution in [2.24, 2.45) is 52.8 Å². The lowest BCUT2D eigenvalue weighted by atomic mass is 9.47. The van der Waals surface area contributed by atoms with Gasteiger partial charge in [-0.2, -0.15) is 0 Å². The Kier molecular flexibility index (Phi) is 4.77. The van der Waals surface area contributed by atoms with E-state index in [4.69, 9.17) is 0 Å². The fourth-order valence-corrected chi connectivity index (χ4v) is 9.13. The quantitative estimate of drug-likeness (QED) is 0.579. The predicted octanol–water partition coefficient (Wildman–Crippen LogP) is 3.36. The van der Waals surface area contributed by atoms with Crippen molar-refractivity contribution in [3.05, 3.63) is 0 Å². The average molecular weight is 407 g/mol. The van der Waals surface area contributed by atoms with E-state index < -0.39 is 11.2 Å². The fourth-order valence-electron chi connectivity index (χ4n) is 9.13. The molecule has 0 amide bonds. The fraction of sp³-hybridized carbons (Fsp3) is 1.00. The summed E-state index contributed by atoms with van der Waals surface area (Å²) in [5.74, 6) is 3.93. The van der Waals surface area contributed by atoms with E-state index in [-0.39, 0.29) is 24.0 Å². The molecule has 5 saturated carbocycles. The van der Waals surface area contributed by atoms with Gasteiger partial charge in [-0.05, 0) is 104 Å². The highest BCUT2D eigenvalue weighted by Crippen LogP contribution is 2.74. The zero-order valence-electron chi connectivity index (χ0n) is 18.6. The Bertz CT molecular complexity index is 653. The van der Waals surface area contributed by atoms with Gasteiger partial charge in [-0.25, -0.2) is 0 Å². The minimum atomic E-state index is -0.705. The Balaban J connectivity index is 1.49. The Labute approximate surface area is 176 Å². The minimum absolute atomic E-state index is 0.111. The van der Waals surface area contributed by atoms with Crippen LogP contribution in [0.2, 0.25) is 0 Å². The van der Waals surface area contributed by atoms with Crippen molar-refractivity contribution < 1.29 is 20.4 Å². The first-order chi connectivity index (χ1) is 13.7. The monoisotopic (exact) mass is 406 g/mol. The van der Waals surface area contributed by atoms with Crippen LogP contribution in [0.1, 0.15) is 78.6 Å². The van der Waals surface area contributed by atoms with E-state index in [1.54, 1.807) is 0 Å². The molecule has 5 rings (SSSR count). The molecule has 0 aromatic rings. The largest absolute Gasteiger partial charge is 0.396 e. The zero-order valence-corrected chi connectivity index (χ0v) is 18.6. The van der Waals surface area contributed by atoms with Crippen LogP contribution in [0.25, 0.3) is 0 Å². The third kappa shape index (κ3) is 2.78. The van der Waals surface area contributed by atoms with Crippen molar-refractivity contribution in [1.29, 1.82) is 0 Å². The molecule has 0 saturated heterocycles. The predicted molar refractivity (Wildman–Crippen MR) is 112 cm³/mol. The molecule has 0 aliphatic heterocycles. The summed E-state index contributed by atoms with van der Waals surface area (Å²) in [4.78, 5) is 0. The molecule has 0 aromatic carbocycles. The number of rotatable bonds is 3. The molecule has 0 bridgehead atoms. The van der Waals surface area contributed by atoms with Gasteiger partial charge >= 0.3 is 0 Å². The molecule has 0 heterocycles. The van der Waals surface area contributed by atoms with Crippen LogP contribution in [0, 0.1) is 52.8 Å². The Morgan fingerprint density at radius 2 is 1.66 bits per heavy atom. The number of aliphatic hydroxyl groups is 4. The molecule has 166 valence electrons. The molecule has 4 N–H and O–H groups in total. The van der Waals surface area contributed by atoms with Gasteiger partial charge in [-0.3, -0.25) is 0 Å². The van der Waals surface area contributed by atoms with Crippen LogP contribution < -0.4 is 0 Å². The maximum Gasteiger partial charge on any atom is 0.0759 e. The van der Waals surface area contributed by atoms with Gasteiger partial charge in [0.25, 0.3) is 0 Å². The number of aliphatic hydroxyl groups excluding tert-OH is 2. The summed E-state index contributed by atoms with van der Waals surface area (Å²) in [6.45, 7) is 7.15. The van der Waals surface area contributed by atoms with E-state index in [9.17, 15) is 20.4 Å². The van der Waals surface area contributed by atoms with Crippen LogP contribution in [-0.4, -0.2) is 44.3 Å². The number of hydrogen-bond acceptors (Lipinski definition) is 4. The highest BCUT2D eigenvalue weighted by Gasteiger charge is 2.73. The smallest absolute Gasteiger partial charge is 0.0759 e. The van der Waals surface area contributed by atoms with Crippen molar-refractivity contribution in [1.82, 2.24) is 0 Å². The van der Waals surface area contributed by atoms with Gasteiger partial charge in [0.15, 0.2) is 0 Å². The summed E-state index contributed by atoms with van der Waals surface area (Å²) in [5, 5.41) is 43.4. The maximum absolute atomic E-state index is 11.9. The van der Waals surface area contributed by atoms with E-state index in [2.05, 4.69) is 20.8 Å². The van der Waals surface area contributed by atoms with Crippen LogP contribution in [0.3, 0.4) is 0 Å². The number of fused-ring (bicyclic) bond motifs is 7. The lowest BCUT2D eigenvalue weighted by Crippen LogP contribution is -2.62. The van der Waals surface area contributed by atoms with Gasteiger partial charge < -0.3 is 20.4 Å². The second-order valence-corrected chi connectivity index (χ2v) is 12.1. The van der Waals surface area contributed by atoms with E-state index in [0.717, 1.165) is 38.5 Å². The maximum atomic E-state index is 11.9. The van der Waals surface area contributed by atoms with Crippen molar-refractivity contribution in [3.63, 3.8) is 0 Å². The SMILES string of the molecule is CC1C2C(CC[C@H](C)[C@](O)(CCCO)[C@H]3C[C@@H]13)[C@@]1(C)CC[C@H](O)C[C@@]1(O)[C@@H]1C[C@H]21. The van der Waals surface area contributed by atoms with Crippen molar-refractivity contribution in [2.75, 3.05) is 6.61 Å². The third-order valence-electron chi connectivity index (χ3n) is 11.0. The van der Waals surface area contributed by atoms with E-state index >= 15 is 0 Å². The first-order valence-electron chi connectivity index (χ1n) is 12.4. The molecule has 29 heavy (non-hydrogen) atoms. The van der Waals surface area contributed by atoms with Gasteiger partial charge in [0.1, 0.15) is 0 Å². The highest BCUT2D eigenvalue weighted by atomic mass is 16.3. The second kappa shape index (κ2) is 6.67. The Morgan fingerprint density at radius 3 is 2.38 bits per heavy atom. The zero-order chi connectivity index (χ0) is 20.8. The molecule has 4 nitrogen and oxygen atoms in total. The molecule has 5 aliphatic rings. The Morgan fingerprint density at radius 1 is 0.931 bits per heavy atom. The van der Waals surface area contributed by atoms with Gasteiger partial charge in [-0.1, -0.05) is 20.8 Å². The van der Waals surface area contributed by atoms with Gasteiger partial charge in [0, 0.05) is 13.0 Å². The van der Waals surface area contributed by atoms with Gasteiger partial charge in [-0.15, -0.1) is 0 Å². The molecule has 12 atom stereocenters. The molecule has 3 unspecified atom stereocenters. The second-order valence-electron chi connectivity index (χ2n) is 12.1. The van der Waals surface area contributed by atoms with Gasteiger partial charge in [0.05, 0.1) is 17.3 Å². The summed E-state index contributed by atoms with van der Waals surface area (Å²) in [6.07, 6.45) is 7.70. The van der Waals surface area contributed by atoms with Crippen LogP contribution in [0.5, 0.6) is 0 Å². The number of hydrogen-bond donors (Lipinski definition) is 4. The van der Waals surface area contributed by atoms with E-state index in [1.165, 1.54) is 0 Å². The summed E-state index contributed by atoms with van der Waals surface area (Å²) in [5.41, 5.74) is -1.46.